The van der Waals surface area contributed by atoms with Crippen LogP contribution in [0.3, 0.4) is 0 Å². The summed E-state index contributed by atoms with van der Waals surface area (Å²) < 4.78 is 1.92. The van der Waals surface area contributed by atoms with Gasteiger partial charge in [-0.3, -0.25) is 0 Å². The van der Waals surface area contributed by atoms with Crippen LogP contribution in [-0.4, -0.2) is 17.0 Å². The third kappa shape index (κ3) is 2.21. The first-order valence-electron chi connectivity index (χ1n) is 7.01. The summed E-state index contributed by atoms with van der Waals surface area (Å²) >= 11 is 10.3. The Morgan fingerprint density at radius 2 is 2.00 bits per heavy atom. The van der Waals surface area contributed by atoms with E-state index in [1.165, 1.54) is 5.56 Å². The number of anilines is 1. The fourth-order valence-electron chi connectivity index (χ4n) is 2.99. The molecule has 0 bridgehead atoms. The van der Waals surface area contributed by atoms with Crippen molar-refractivity contribution in [2.45, 2.75) is 18.4 Å². The van der Waals surface area contributed by atoms with E-state index in [2.05, 4.69) is 63.1 Å². The van der Waals surface area contributed by atoms with Crippen LogP contribution < -0.4 is 4.90 Å². The van der Waals surface area contributed by atoms with Gasteiger partial charge in [0.15, 0.2) is 9.65 Å². The predicted octanol–water partition coefficient (Wildman–Crippen LogP) is 5.07. The maximum atomic E-state index is 6.45. The number of hydrogen-bond donors (Lipinski definition) is 0. The van der Waals surface area contributed by atoms with Crippen LogP contribution in [0.15, 0.2) is 35.7 Å². The van der Waals surface area contributed by atoms with Gasteiger partial charge in [0.2, 0.25) is 0 Å². The highest BCUT2D eigenvalue weighted by molar-refractivity contribution is 14.1. The highest BCUT2D eigenvalue weighted by Crippen LogP contribution is 2.54. The maximum Gasteiger partial charge on any atom is 0.193 e. The topological polar surface area (TPSA) is 29.0 Å². The van der Waals surface area contributed by atoms with Gasteiger partial charge in [0.1, 0.15) is 0 Å². The number of benzene rings is 1. The van der Waals surface area contributed by atoms with E-state index >= 15 is 0 Å². The van der Waals surface area contributed by atoms with Crippen molar-refractivity contribution >= 4 is 61.6 Å². The Morgan fingerprint density at radius 3 is 2.73 bits per heavy atom. The molecule has 0 amide bonds. The Hall–Kier alpha value is -0.920. The minimum atomic E-state index is -0.0350. The maximum absolute atomic E-state index is 6.45. The summed E-state index contributed by atoms with van der Waals surface area (Å²) in [6.45, 7) is 0. The second kappa shape index (κ2) is 5.32. The van der Waals surface area contributed by atoms with Gasteiger partial charge in [0.05, 0.1) is 15.8 Å². The standard InChI is InChI=1S/C16H13ClIN3S/c1-21(14-13-12(6-9-22-13)19-15(18)20-14)16(7-8-16)10-4-2-3-5-11(10)17/h2-6,9H,7-8H2,1H3. The van der Waals surface area contributed by atoms with Gasteiger partial charge in [0, 0.05) is 34.7 Å². The summed E-state index contributed by atoms with van der Waals surface area (Å²) in [5.41, 5.74) is 2.17. The number of halogens is 2. The lowest BCUT2D eigenvalue weighted by Gasteiger charge is -2.30. The molecule has 1 saturated carbocycles. The molecule has 3 nitrogen and oxygen atoms in total. The molecule has 0 atom stereocenters. The van der Waals surface area contributed by atoms with Crippen molar-refractivity contribution in [2.24, 2.45) is 0 Å². The van der Waals surface area contributed by atoms with Gasteiger partial charge in [-0.1, -0.05) is 29.8 Å². The van der Waals surface area contributed by atoms with E-state index < -0.39 is 0 Å². The average Bonchev–Trinajstić information content (AvgIpc) is 3.18. The molecule has 6 heteroatoms. The van der Waals surface area contributed by atoms with Gasteiger partial charge < -0.3 is 4.90 Å². The van der Waals surface area contributed by atoms with Gasteiger partial charge in [-0.2, -0.15) is 0 Å². The molecule has 2 aromatic heterocycles. The van der Waals surface area contributed by atoms with Crippen LogP contribution in [0.25, 0.3) is 10.2 Å². The normalized spacial score (nSPS) is 16.0. The van der Waals surface area contributed by atoms with Gasteiger partial charge in [-0.25, -0.2) is 9.97 Å². The van der Waals surface area contributed by atoms with Gasteiger partial charge >= 0.3 is 0 Å². The Labute approximate surface area is 151 Å². The summed E-state index contributed by atoms with van der Waals surface area (Å²) in [6.07, 6.45) is 2.20. The first kappa shape index (κ1) is 14.7. The molecule has 1 aliphatic rings. The van der Waals surface area contributed by atoms with Crippen LogP contribution in [0.2, 0.25) is 5.02 Å². The lowest BCUT2D eigenvalue weighted by molar-refractivity contribution is 0.664. The molecule has 0 unspecified atom stereocenters. The van der Waals surface area contributed by atoms with Crippen LogP contribution in [-0.2, 0) is 5.54 Å². The first-order chi connectivity index (χ1) is 10.6. The first-order valence-corrected chi connectivity index (χ1v) is 9.35. The lowest BCUT2D eigenvalue weighted by Crippen LogP contribution is -2.32. The van der Waals surface area contributed by atoms with Crippen molar-refractivity contribution < 1.29 is 0 Å². The van der Waals surface area contributed by atoms with Crippen LogP contribution >= 0.6 is 45.5 Å². The number of nitrogens with zero attached hydrogens (tertiary/aromatic N) is 3. The Kier molecular flexibility index (Phi) is 3.54. The molecule has 0 spiro atoms. The fourth-order valence-corrected chi connectivity index (χ4v) is 4.65. The molecule has 2 heterocycles. The van der Waals surface area contributed by atoms with Crippen LogP contribution in [0, 0.1) is 3.83 Å². The van der Waals surface area contributed by atoms with Crippen LogP contribution in [0.1, 0.15) is 18.4 Å². The molecule has 4 rings (SSSR count). The summed E-state index contributed by atoms with van der Waals surface area (Å²) in [7, 11) is 2.12. The molecule has 112 valence electrons. The highest BCUT2D eigenvalue weighted by atomic mass is 127. The Bertz CT molecular complexity index is 859. The van der Waals surface area contributed by atoms with Crippen molar-refractivity contribution in [2.75, 3.05) is 11.9 Å². The monoisotopic (exact) mass is 441 g/mol. The van der Waals surface area contributed by atoms with Crippen molar-refractivity contribution in [3.05, 3.63) is 50.1 Å². The second-order valence-corrected chi connectivity index (χ2v) is 7.81. The minimum absolute atomic E-state index is 0.0350. The van der Waals surface area contributed by atoms with Gasteiger partial charge in [-0.05, 0) is 35.9 Å². The Balaban J connectivity index is 1.85. The largest absolute Gasteiger partial charge is 0.349 e. The Morgan fingerprint density at radius 1 is 1.23 bits per heavy atom. The van der Waals surface area contributed by atoms with E-state index in [1.54, 1.807) is 11.3 Å². The molecule has 1 aromatic carbocycles. The number of fused-ring (bicyclic) bond motifs is 1. The molecule has 3 aromatic rings. The molecule has 1 fully saturated rings. The average molecular weight is 442 g/mol. The summed E-state index contributed by atoms with van der Waals surface area (Å²) in [5.74, 6) is 1.00. The number of hydrogen-bond acceptors (Lipinski definition) is 4. The minimum Gasteiger partial charge on any atom is -0.349 e. The SMILES string of the molecule is CN(c1nc(I)nc2ccsc12)C1(c2ccccc2Cl)CC1. The van der Waals surface area contributed by atoms with E-state index in [0.29, 0.717) is 0 Å². The van der Waals surface area contributed by atoms with Crippen molar-refractivity contribution in [3.63, 3.8) is 0 Å². The van der Waals surface area contributed by atoms with E-state index in [0.717, 1.165) is 37.7 Å². The quantitative estimate of drug-likeness (QED) is 0.419. The molecule has 1 aliphatic carbocycles. The number of rotatable bonds is 3. The number of aromatic nitrogens is 2. The molecular formula is C16H13ClIN3S. The molecule has 0 saturated heterocycles. The lowest BCUT2D eigenvalue weighted by atomic mass is 10.0. The molecular weight excluding hydrogens is 429 g/mol. The van der Waals surface area contributed by atoms with E-state index in [1.807, 2.05) is 12.1 Å². The zero-order chi connectivity index (χ0) is 15.3. The number of thiophene rings is 1. The van der Waals surface area contributed by atoms with Gasteiger partial charge in [-0.15, -0.1) is 11.3 Å². The predicted molar refractivity (Wildman–Crippen MR) is 101 cm³/mol. The van der Waals surface area contributed by atoms with Crippen molar-refractivity contribution in [1.29, 1.82) is 0 Å². The molecule has 22 heavy (non-hydrogen) atoms. The van der Waals surface area contributed by atoms with Crippen molar-refractivity contribution in [1.82, 2.24) is 9.97 Å². The van der Waals surface area contributed by atoms with Crippen molar-refractivity contribution in [3.8, 4) is 0 Å². The third-order valence-corrected chi connectivity index (χ3v) is 6.03. The smallest absolute Gasteiger partial charge is 0.193 e. The summed E-state index contributed by atoms with van der Waals surface area (Å²) in [6, 6.07) is 10.2. The highest BCUT2D eigenvalue weighted by Gasteiger charge is 2.50. The zero-order valence-electron chi connectivity index (χ0n) is 11.9. The summed E-state index contributed by atoms with van der Waals surface area (Å²) in [5, 5.41) is 2.90. The second-order valence-electron chi connectivity index (χ2n) is 5.52. The fraction of sp³-hybridized carbons (Fsp3) is 0.250. The summed E-state index contributed by atoms with van der Waals surface area (Å²) in [4.78, 5) is 11.5. The molecule has 0 N–H and O–H groups in total. The third-order valence-electron chi connectivity index (χ3n) is 4.32. The van der Waals surface area contributed by atoms with E-state index in [-0.39, 0.29) is 5.54 Å². The van der Waals surface area contributed by atoms with Gasteiger partial charge in [0.25, 0.3) is 0 Å². The molecule has 0 aliphatic heterocycles. The van der Waals surface area contributed by atoms with Crippen LogP contribution in [0.4, 0.5) is 5.82 Å². The zero-order valence-corrected chi connectivity index (χ0v) is 15.6. The van der Waals surface area contributed by atoms with E-state index in [9.17, 15) is 0 Å². The van der Waals surface area contributed by atoms with Crippen LogP contribution in [0.5, 0.6) is 0 Å². The van der Waals surface area contributed by atoms with E-state index in [4.69, 9.17) is 16.6 Å². The molecule has 0 radical (unpaired) electrons.